The molecule has 0 fully saturated rings. The number of thioether (sulfide) groups is 1. The van der Waals surface area contributed by atoms with Crippen molar-refractivity contribution in [3.8, 4) is 22.8 Å². The van der Waals surface area contributed by atoms with E-state index in [9.17, 15) is 4.79 Å². The lowest BCUT2D eigenvalue weighted by Crippen LogP contribution is -2.11. The quantitative estimate of drug-likeness (QED) is 0.456. The van der Waals surface area contributed by atoms with E-state index < -0.39 is 0 Å². The van der Waals surface area contributed by atoms with Crippen LogP contribution in [0.15, 0.2) is 53.7 Å². The summed E-state index contributed by atoms with van der Waals surface area (Å²) in [5, 5.41) is 9.38. The Morgan fingerprint density at radius 1 is 1.07 bits per heavy atom. The summed E-state index contributed by atoms with van der Waals surface area (Å²) in [6.45, 7) is 12.7. The van der Waals surface area contributed by atoms with E-state index in [1.54, 1.807) is 6.92 Å². The first-order valence-electron chi connectivity index (χ1n) is 10.2. The van der Waals surface area contributed by atoms with Gasteiger partial charge in [0.2, 0.25) is 0 Å². The number of benzene rings is 2. The molecule has 0 bridgehead atoms. The summed E-state index contributed by atoms with van der Waals surface area (Å²) >= 11 is 1.42. The van der Waals surface area contributed by atoms with Gasteiger partial charge >= 0.3 is 0 Å². The van der Waals surface area contributed by atoms with E-state index in [0.717, 1.165) is 22.8 Å². The predicted molar refractivity (Wildman–Crippen MR) is 123 cm³/mol. The molecule has 1 heterocycles. The topological polar surface area (TPSA) is 57.0 Å². The maximum Gasteiger partial charge on any atom is 0.196 e. The highest BCUT2D eigenvalue weighted by molar-refractivity contribution is 8.00. The van der Waals surface area contributed by atoms with Crippen LogP contribution in [-0.4, -0.2) is 32.4 Å². The second-order valence-electron chi connectivity index (χ2n) is 8.27. The monoisotopic (exact) mass is 423 g/mol. The zero-order valence-electron chi connectivity index (χ0n) is 18.5. The van der Waals surface area contributed by atoms with Gasteiger partial charge in [-0.2, -0.15) is 0 Å². The molecule has 158 valence electrons. The Bertz CT molecular complexity index is 1000. The van der Waals surface area contributed by atoms with Gasteiger partial charge < -0.3 is 4.74 Å². The fourth-order valence-corrected chi connectivity index (χ4v) is 3.85. The van der Waals surface area contributed by atoms with E-state index in [-0.39, 0.29) is 16.4 Å². The van der Waals surface area contributed by atoms with Crippen molar-refractivity contribution in [2.45, 2.75) is 57.4 Å². The van der Waals surface area contributed by atoms with E-state index in [2.05, 4.69) is 55.2 Å². The Hall–Kier alpha value is -2.60. The number of carbonyl (C=O) groups is 1. The Morgan fingerprint density at radius 2 is 1.70 bits per heavy atom. The number of rotatable bonds is 7. The molecule has 0 N–H and O–H groups in total. The van der Waals surface area contributed by atoms with Crippen molar-refractivity contribution in [1.82, 2.24) is 14.8 Å². The third-order valence-electron chi connectivity index (χ3n) is 4.90. The van der Waals surface area contributed by atoms with Crippen molar-refractivity contribution in [2.75, 3.05) is 6.61 Å². The van der Waals surface area contributed by atoms with Gasteiger partial charge in [0.1, 0.15) is 11.5 Å². The molecule has 1 unspecified atom stereocenters. The molecule has 1 aromatic heterocycles. The van der Waals surface area contributed by atoms with Crippen molar-refractivity contribution in [1.29, 1.82) is 0 Å². The first-order chi connectivity index (χ1) is 14.2. The second kappa shape index (κ2) is 9.04. The highest BCUT2D eigenvalue weighted by Crippen LogP contribution is 2.32. The molecule has 0 aliphatic carbocycles. The van der Waals surface area contributed by atoms with E-state index in [1.807, 2.05) is 42.7 Å². The van der Waals surface area contributed by atoms with E-state index in [0.29, 0.717) is 11.8 Å². The smallest absolute Gasteiger partial charge is 0.196 e. The molecule has 3 aromatic rings. The SMILES string of the molecule is CCOc1ccc(-n2c(SC(C)C(C)=O)nnc2-c2ccc(C(C)(C)C)cc2)cc1. The molecular formula is C24H29N3O2S. The van der Waals surface area contributed by atoms with Crippen molar-refractivity contribution in [2.24, 2.45) is 0 Å². The maximum atomic E-state index is 11.8. The first kappa shape index (κ1) is 22.1. The average molecular weight is 424 g/mol. The minimum atomic E-state index is -0.202. The van der Waals surface area contributed by atoms with Gasteiger partial charge in [0.15, 0.2) is 11.0 Å². The lowest BCUT2D eigenvalue weighted by molar-refractivity contribution is -0.116. The Labute approximate surface area is 182 Å². The van der Waals surface area contributed by atoms with Crippen molar-refractivity contribution < 1.29 is 9.53 Å². The van der Waals surface area contributed by atoms with E-state index in [4.69, 9.17) is 4.74 Å². The maximum absolute atomic E-state index is 11.8. The number of ether oxygens (including phenoxy) is 1. The van der Waals surface area contributed by atoms with Crippen LogP contribution in [0.1, 0.15) is 47.1 Å². The summed E-state index contributed by atoms with van der Waals surface area (Å²) in [6.07, 6.45) is 0. The summed E-state index contributed by atoms with van der Waals surface area (Å²) in [7, 11) is 0. The number of nitrogens with zero attached hydrogens (tertiary/aromatic N) is 3. The summed E-state index contributed by atoms with van der Waals surface area (Å²) in [6, 6.07) is 16.3. The van der Waals surface area contributed by atoms with Gasteiger partial charge in [-0.25, -0.2) is 0 Å². The fourth-order valence-electron chi connectivity index (χ4n) is 2.98. The van der Waals surface area contributed by atoms with Crippen LogP contribution >= 0.6 is 11.8 Å². The standard InChI is InChI=1S/C24H29N3O2S/c1-7-29-21-14-12-20(13-15-21)27-22(25-26-23(27)30-17(3)16(2)28)18-8-10-19(11-9-18)24(4,5)6/h8-15,17H,7H2,1-6H3. The predicted octanol–water partition coefficient (Wildman–Crippen LogP) is 5.70. The highest BCUT2D eigenvalue weighted by atomic mass is 32.2. The number of carbonyl (C=O) groups excluding carboxylic acids is 1. The van der Waals surface area contributed by atoms with Crippen LogP contribution in [0.2, 0.25) is 0 Å². The molecule has 0 radical (unpaired) electrons. The van der Waals surface area contributed by atoms with Crippen molar-refractivity contribution in [3.05, 3.63) is 54.1 Å². The second-order valence-corrected chi connectivity index (χ2v) is 9.57. The lowest BCUT2D eigenvalue weighted by Gasteiger charge is -2.19. The summed E-state index contributed by atoms with van der Waals surface area (Å²) < 4.78 is 7.58. The molecule has 0 saturated carbocycles. The number of Topliss-reactive ketones (excluding diaryl/α,β-unsaturated/α-hetero) is 1. The average Bonchev–Trinajstić information content (AvgIpc) is 3.11. The molecular weight excluding hydrogens is 394 g/mol. The van der Waals surface area contributed by atoms with Gasteiger partial charge in [0.05, 0.1) is 11.9 Å². The van der Waals surface area contributed by atoms with Gasteiger partial charge in [-0.1, -0.05) is 56.8 Å². The number of hydrogen-bond acceptors (Lipinski definition) is 5. The molecule has 0 aliphatic heterocycles. The van der Waals surface area contributed by atoms with Crippen LogP contribution in [0.4, 0.5) is 0 Å². The van der Waals surface area contributed by atoms with Gasteiger partial charge in [-0.15, -0.1) is 10.2 Å². The van der Waals surface area contributed by atoms with E-state index in [1.165, 1.54) is 17.3 Å². The molecule has 6 heteroatoms. The zero-order valence-corrected chi connectivity index (χ0v) is 19.3. The lowest BCUT2D eigenvalue weighted by atomic mass is 9.87. The van der Waals surface area contributed by atoms with Crippen LogP contribution in [-0.2, 0) is 10.2 Å². The molecule has 30 heavy (non-hydrogen) atoms. The molecule has 0 amide bonds. The third-order valence-corrected chi connectivity index (χ3v) is 6.06. The number of aromatic nitrogens is 3. The van der Waals surface area contributed by atoms with Crippen LogP contribution in [0, 0.1) is 0 Å². The highest BCUT2D eigenvalue weighted by Gasteiger charge is 2.21. The molecule has 3 rings (SSSR count). The van der Waals surface area contributed by atoms with Gasteiger partial charge in [-0.3, -0.25) is 9.36 Å². The van der Waals surface area contributed by atoms with Crippen LogP contribution in [0.5, 0.6) is 5.75 Å². The molecule has 0 aliphatic rings. The van der Waals surface area contributed by atoms with Crippen LogP contribution in [0.3, 0.4) is 0 Å². The Morgan fingerprint density at radius 3 is 2.23 bits per heavy atom. The number of hydrogen-bond donors (Lipinski definition) is 0. The zero-order chi connectivity index (χ0) is 21.9. The van der Waals surface area contributed by atoms with Gasteiger partial charge in [0, 0.05) is 11.3 Å². The van der Waals surface area contributed by atoms with E-state index >= 15 is 0 Å². The normalized spacial score (nSPS) is 12.6. The molecule has 5 nitrogen and oxygen atoms in total. The first-order valence-corrected chi connectivity index (χ1v) is 11.1. The largest absolute Gasteiger partial charge is 0.494 e. The van der Waals surface area contributed by atoms with Crippen molar-refractivity contribution >= 4 is 17.5 Å². The van der Waals surface area contributed by atoms with Gasteiger partial charge in [0.25, 0.3) is 0 Å². The minimum Gasteiger partial charge on any atom is -0.494 e. The molecule has 0 spiro atoms. The minimum absolute atomic E-state index is 0.0826. The summed E-state index contributed by atoms with van der Waals surface area (Å²) in [4.78, 5) is 11.8. The fraction of sp³-hybridized carbons (Fsp3) is 0.375. The Balaban J connectivity index is 2.07. The van der Waals surface area contributed by atoms with Crippen LogP contribution < -0.4 is 4.74 Å². The molecule has 0 saturated heterocycles. The molecule has 1 atom stereocenters. The van der Waals surface area contributed by atoms with Gasteiger partial charge in [-0.05, 0) is 56.0 Å². The summed E-state index contributed by atoms with van der Waals surface area (Å²) in [5.74, 6) is 1.67. The molecule has 2 aromatic carbocycles. The third kappa shape index (κ3) is 4.93. The Kier molecular flexibility index (Phi) is 6.66. The summed E-state index contributed by atoms with van der Waals surface area (Å²) in [5.41, 5.74) is 3.25. The van der Waals surface area contributed by atoms with Crippen molar-refractivity contribution in [3.63, 3.8) is 0 Å². The van der Waals surface area contributed by atoms with Crippen LogP contribution in [0.25, 0.3) is 17.1 Å². The number of ketones is 1.